The lowest BCUT2D eigenvalue weighted by atomic mass is 10.2. The lowest BCUT2D eigenvalue weighted by molar-refractivity contribution is 0.615. The van der Waals surface area contributed by atoms with Gasteiger partial charge >= 0.3 is 0 Å². The molecule has 1 aliphatic heterocycles. The molecule has 0 radical (unpaired) electrons. The minimum absolute atomic E-state index is 0.0750. The van der Waals surface area contributed by atoms with Gasteiger partial charge in [-0.25, -0.2) is 9.37 Å². The van der Waals surface area contributed by atoms with Crippen molar-refractivity contribution < 1.29 is 4.39 Å². The van der Waals surface area contributed by atoms with Gasteiger partial charge in [0, 0.05) is 44.6 Å². The second kappa shape index (κ2) is 7.13. The summed E-state index contributed by atoms with van der Waals surface area (Å²) in [7, 11) is 0. The molecule has 24 heavy (non-hydrogen) atoms. The molecule has 0 unspecified atom stereocenters. The molecule has 1 saturated heterocycles. The Bertz CT molecular complexity index is 749. The third-order valence-corrected chi connectivity index (χ3v) is 4.00. The number of nitrogens with zero attached hydrogens (tertiary/aromatic N) is 5. The van der Waals surface area contributed by atoms with Crippen LogP contribution >= 0.6 is 0 Å². The van der Waals surface area contributed by atoms with E-state index in [0.29, 0.717) is 5.95 Å². The molecule has 3 rings (SSSR count). The minimum Gasteiger partial charge on any atom is -0.370 e. The number of hydrogen-bond acceptors (Lipinski definition) is 6. The molecule has 1 N–H and O–H groups in total. The molecule has 1 fully saturated rings. The van der Waals surface area contributed by atoms with Gasteiger partial charge in [0.2, 0.25) is 5.95 Å². The first-order chi connectivity index (χ1) is 11.7. The van der Waals surface area contributed by atoms with Crippen LogP contribution in [0.1, 0.15) is 12.5 Å². The van der Waals surface area contributed by atoms with Crippen LogP contribution in [-0.2, 0) is 0 Å². The third-order valence-electron chi connectivity index (χ3n) is 4.00. The zero-order chi connectivity index (χ0) is 16.9. The first kappa shape index (κ1) is 16.0. The standard InChI is InChI=1S/C17H19FN6/c1-2-20-16-5-6-21-17(22-16)24-9-7-23(8-10-24)14-4-3-13(12-19)15(18)11-14/h3-6,11H,2,7-10H2,1H3,(H,20,21,22). The van der Waals surface area contributed by atoms with Crippen LogP contribution in [0.2, 0.25) is 0 Å². The number of rotatable bonds is 4. The predicted octanol–water partition coefficient (Wildman–Crippen LogP) is 2.25. The fraction of sp³-hybridized carbons (Fsp3) is 0.353. The summed E-state index contributed by atoms with van der Waals surface area (Å²) >= 11 is 0. The molecular formula is C17H19FN6. The number of anilines is 3. The highest BCUT2D eigenvalue weighted by Crippen LogP contribution is 2.21. The quantitative estimate of drug-likeness (QED) is 0.929. The van der Waals surface area contributed by atoms with Crippen LogP contribution in [0.5, 0.6) is 0 Å². The van der Waals surface area contributed by atoms with Crippen LogP contribution < -0.4 is 15.1 Å². The third kappa shape index (κ3) is 3.38. The SMILES string of the molecule is CCNc1ccnc(N2CCN(c3ccc(C#N)c(F)c3)CC2)n1. The van der Waals surface area contributed by atoms with Gasteiger partial charge in [-0.2, -0.15) is 10.2 Å². The molecule has 1 aromatic carbocycles. The summed E-state index contributed by atoms with van der Waals surface area (Å²) in [6.07, 6.45) is 1.75. The number of halogens is 1. The number of piperazine rings is 1. The van der Waals surface area contributed by atoms with Crippen molar-refractivity contribution in [3.8, 4) is 6.07 Å². The van der Waals surface area contributed by atoms with E-state index in [4.69, 9.17) is 5.26 Å². The van der Waals surface area contributed by atoms with E-state index in [1.807, 2.05) is 19.1 Å². The Morgan fingerprint density at radius 2 is 1.96 bits per heavy atom. The van der Waals surface area contributed by atoms with Crippen LogP contribution in [0.15, 0.2) is 30.5 Å². The summed E-state index contributed by atoms with van der Waals surface area (Å²) in [4.78, 5) is 13.1. The van der Waals surface area contributed by atoms with Gasteiger partial charge in [0.25, 0.3) is 0 Å². The van der Waals surface area contributed by atoms with Crippen molar-refractivity contribution in [3.05, 3.63) is 41.8 Å². The first-order valence-electron chi connectivity index (χ1n) is 7.97. The maximum atomic E-state index is 13.8. The maximum absolute atomic E-state index is 13.8. The van der Waals surface area contributed by atoms with E-state index in [1.165, 1.54) is 12.1 Å². The Balaban J connectivity index is 1.66. The highest BCUT2D eigenvalue weighted by atomic mass is 19.1. The number of nitrogens with one attached hydrogen (secondary N) is 1. The topological polar surface area (TPSA) is 68.1 Å². The van der Waals surface area contributed by atoms with Gasteiger partial charge in [-0.1, -0.05) is 0 Å². The van der Waals surface area contributed by atoms with E-state index < -0.39 is 5.82 Å². The summed E-state index contributed by atoms with van der Waals surface area (Å²) in [6, 6.07) is 8.44. The highest BCUT2D eigenvalue weighted by Gasteiger charge is 2.20. The van der Waals surface area contributed by atoms with Crippen LogP contribution in [-0.4, -0.2) is 42.7 Å². The zero-order valence-corrected chi connectivity index (χ0v) is 13.5. The summed E-state index contributed by atoms with van der Waals surface area (Å²) < 4.78 is 13.8. The fourth-order valence-corrected chi connectivity index (χ4v) is 2.74. The van der Waals surface area contributed by atoms with Crippen molar-refractivity contribution in [2.45, 2.75) is 6.92 Å². The molecule has 0 spiro atoms. The molecule has 0 saturated carbocycles. The number of hydrogen-bond donors (Lipinski definition) is 1. The monoisotopic (exact) mass is 326 g/mol. The van der Waals surface area contributed by atoms with Gasteiger partial charge in [0.15, 0.2) is 0 Å². The average Bonchev–Trinajstić information content (AvgIpc) is 2.62. The summed E-state index contributed by atoms with van der Waals surface area (Å²) in [6.45, 7) is 5.86. The van der Waals surface area contributed by atoms with E-state index in [9.17, 15) is 4.39 Å². The van der Waals surface area contributed by atoms with Crippen LogP contribution in [0.4, 0.5) is 21.8 Å². The van der Waals surface area contributed by atoms with E-state index in [-0.39, 0.29) is 5.56 Å². The lowest BCUT2D eigenvalue weighted by Crippen LogP contribution is -2.47. The molecule has 124 valence electrons. The van der Waals surface area contributed by atoms with Crippen LogP contribution in [0.25, 0.3) is 0 Å². The van der Waals surface area contributed by atoms with E-state index in [0.717, 1.165) is 44.2 Å². The molecule has 2 aromatic rings. The minimum atomic E-state index is -0.473. The van der Waals surface area contributed by atoms with Gasteiger partial charge in [-0.15, -0.1) is 0 Å². The molecule has 0 amide bonds. The van der Waals surface area contributed by atoms with Crippen LogP contribution in [0.3, 0.4) is 0 Å². The second-order valence-electron chi connectivity index (χ2n) is 5.52. The number of nitriles is 1. The van der Waals surface area contributed by atoms with Gasteiger partial charge in [-0.3, -0.25) is 0 Å². The second-order valence-corrected chi connectivity index (χ2v) is 5.52. The summed E-state index contributed by atoms with van der Waals surface area (Å²) in [5, 5.41) is 12.0. The Morgan fingerprint density at radius 1 is 1.21 bits per heavy atom. The van der Waals surface area contributed by atoms with E-state index in [1.54, 1.807) is 12.3 Å². The van der Waals surface area contributed by atoms with E-state index in [2.05, 4.69) is 25.1 Å². The summed E-state index contributed by atoms with van der Waals surface area (Å²) in [5.74, 6) is 1.05. The van der Waals surface area contributed by atoms with Gasteiger partial charge in [-0.05, 0) is 31.2 Å². The van der Waals surface area contributed by atoms with Crippen molar-refractivity contribution in [3.63, 3.8) is 0 Å². The molecule has 0 aliphatic carbocycles. The van der Waals surface area contributed by atoms with Gasteiger partial charge in [0.1, 0.15) is 17.7 Å². The molecule has 2 heterocycles. The van der Waals surface area contributed by atoms with Crippen molar-refractivity contribution in [1.82, 2.24) is 9.97 Å². The number of benzene rings is 1. The number of aromatic nitrogens is 2. The Hall–Kier alpha value is -2.88. The Kier molecular flexibility index (Phi) is 4.75. The molecule has 1 aromatic heterocycles. The lowest BCUT2D eigenvalue weighted by Gasteiger charge is -2.36. The summed E-state index contributed by atoms with van der Waals surface area (Å²) in [5.41, 5.74) is 0.875. The fourth-order valence-electron chi connectivity index (χ4n) is 2.74. The largest absolute Gasteiger partial charge is 0.370 e. The van der Waals surface area contributed by atoms with Crippen molar-refractivity contribution >= 4 is 17.5 Å². The zero-order valence-electron chi connectivity index (χ0n) is 13.5. The molecule has 6 nitrogen and oxygen atoms in total. The molecule has 0 atom stereocenters. The van der Waals surface area contributed by atoms with Crippen molar-refractivity contribution in [2.75, 3.05) is 47.8 Å². The van der Waals surface area contributed by atoms with E-state index >= 15 is 0 Å². The van der Waals surface area contributed by atoms with Crippen molar-refractivity contribution in [2.24, 2.45) is 0 Å². The normalized spacial score (nSPS) is 14.4. The average molecular weight is 326 g/mol. The highest BCUT2D eigenvalue weighted by molar-refractivity contribution is 5.52. The van der Waals surface area contributed by atoms with Gasteiger partial charge < -0.3 is 15.1 Å². The smallest absolute Gasteiger partial charge is 0.227 e. The van der Waals surface area contributed by atoms with Crippen LogP contribution in [0, 0.1) is 17.1 Å². The molecular weight excluding hydrogens is 307 g/mol. The maximum Gasteiger partial charge on any atom is 0.227 e. The van der Waals surface area contributed by atoms with Crippen molar-refractivity contribution in [1.29, 1.82) is 5.26 Å². The Morgan fingerprint density at radius 3 is 2.62 bits per heavy atom. The molecule has 1 aliphatic rings. The molecule has 0 bridgehead atoms. The first-order valence-corrected chi connectivity index (χ1v) is 7.97. The Labute approximate surface area is 140 Å². The predicted molar refractivity (Wildman–Crippen MR) is 91.7 cm³/mol. The molecule has 7 heteroatoms. The van der Waals surface area contributed by atoms with Gasteiger partial charge in [0.05, 0.1) is 5.56 Å².